The van der Waals surface area contributed by atoms with E-state index in [1.807, 2.05) is 0 Å². The standard InChI is InChI=1S/C10H12F2N2O2/c1-2-16-10(15)8-6-3-5(9(11)12)4-7(6)13-14-8/h5,9H,2-4H2,1H3,(H,13,14). The van der Waals surface area contributed by atoms with Crippen molar-refractivity contribution in [1.29, 1.82) is 0 Å². The molecule has 1 heterocycles. The molecule has 0 fully saturated rings. The molecule has 0 saturated heterocycles. The number of H-pyrrole nitrogens is 1. The number of fused-ring (bicyclic) bond motifs is 1. The first-order valence-corrected chi connectivity index (χ1v) is 5.14. The van der Waals surface area contributed by atoms with E-state index in [4.69, 9.17) is 4.74 Å². The molecule has 0 saturated carbocycles. The van der Waals surface area contributed by atoms with Crippen molar-refractivity contribution in [3.8, 4) is 0 Å². The van der Waals surface area contributed by atoms with Gasteiger partial charge in [-0.3, -0.25) is 5.10 Å². The number of rotatable bonds is 3. The Morgan fingerprint density at radius 3 is 3.00 bits per heavy atom. The fourth-order valence-electron chi connectivity index (χ4n) is 1.93. The van der Waals surface area contributed by atoms with E-state index in [9.17, 15) is 13.6 Å². The van der Waals surface area contributed by atoms with Crippen LogP contribution < -0.4 is 0 Å². The molecule has 1 atom stereocenters. The van der Waals surface area contributed by atoms with Crippen LogP contribution in [0.4, 0.5) is 8.78 Å². The van der Waals surface area contributed by atoms with Crippen LogP contribution in [0.1, 0.15) is 28.7 Å². The Morgan fingerprint density at radius 2 is 2.38 bits per heavy atom. The summed E-state index contributed by atoms with van der Waals surface area (Å²) in [5, 5.41) is 6.43. The molecule has 0 aromatic carbocycles. The number of carbonyl (C=O) groups excluding carboxylic acids is 1. The molecule has 1 N–H and O–H groups in total. The van der Waals surface area contributed by atoms with Crippen LogP contribution in [0.15, 0.2) is 0 Å². The lowest BCUT2D eigenvalue weighted by molar-refractivity contribution is 0.0514. The van der Waals surface area contributed by atoms with Gasteiger partial charge in [0.25, 0.3) is 0 Å². The van der Waals surface area contributed by atoms with Gasteiger partial charge in [0.05, 0.1) is 6.61 Å². The first-order valence-electron chi connectivity index (χ1n) is 5.14. The Kier molecular flexibility index (Phi) is 2.89. The van der Waals surface area contributed by atoms with E-state index in [0.29, 0.717) is 11.3 Å². The van der Waals surface area contributed by atoms with Gasteiger partial charge in [-0.1, -0.05) is 0 Å². The van der Waals surface area contributed by atoms with E-state index in [0.717, 1.165) is 0 Å². The molecule has 88 valence electrons. The summed E-state index contributed by atoms with van der Waals surface area (Å²) in [4.78, 5) is 11.4. The molecule has 0 spiro atoms. The predicted octanol–water partition coefficient (Wildman–Crippen LogP) is 1.57. The quantitative estimate of drug-likeness (QED) is 0.802. The Morgan fingerprint density at radius 1 is 1.62 bits per heavy atom. The van der Waals surface area contributed by atoms with E-state index >= 15 is 0 Å². The molecule has 0 amide bonds. The first-order chi connectivity index (χ1) is 7.63. The van der Waals surface area contributed by atoms with Gasteiger partial charge in [0.1, 0.15) is 0 Å². The first kappa shape index (κ1) is 11.0. The molecule has 4 nitrogen and oxygen atoms in total. The number of nitrogens with zero attached hydrogens (tertiary/aromatic N) is 1. The van der Waals surface area contributed by atoms with Gasteiger partial charge >= 0.3 is 5.97 Å². The minimum atomic E-state index is -2.36. The molecule has 1 aliphatic rings. The zero-order chi connectivity index (χ0) is 11.7. The Labute approximate surface area is 91.0 Å². The van der Waals surface area contributed by atoms with Crippen LogP contribution in [0.5, 0.6) is 0 Å². The lowest BCUT2D eigenvalue weighted by Gasteiger charge is -2.06. The largest absolute Gasteiger partial charge is 0.461 e. The number of nitrogens with one attached hydrogen (secondary N) is 1. The van der Waals surface area contributed by atoms with Crippen LogP contribution in [0, 0.1) is 5.92 Å². The van der Waals surface area contributed by atoms with Crippen LogP contribution in [0.25, 0.3) is 0 Å². The van der Waals surface area contributed by atoms with Gasteiger partial charge in [0.2, 0.25) is 6.43 Å². The number of hydrogen-bond donors (Lipinski definition) is 1. The maximum absolute atomic E-state index is 12.5. The molecular formula is C10H12F2N2O2. The number of halogens is 2. The second kappa shape index (κ2) is 4.19. The summed E-state index contributed by atoms with van der Waals surface area (Å²) in [5.41, 5.74) is 1.37. The fourth-order valence-corrected chi connectivity index (χ4v) is 1.93. The summed E-state index contributed by atoms with van der Waals surface area (Å²) in [5.74, 6) is -1.26. The molecule has 0 radical (unpaired) electrons. The summed E-state index contributed by atoms with van der Waals surface area (Å²) in [7, 11) is 0. The average molecular weight is 230 g/mol. The van der Waals surface area contributed by atoms with Crippen molar-refractivity contribution >= 4 is 5.97 Å². The third-order valence-electron chi connectivity index (χ3n) is 2.71. The second-order valence-corrected chi connectivity index (χ2v) is 3.75. The molecule has 1 aromatic rings. The van der Waals surface area contributed by atoms with Crippen LogP contribution in [-0.2, 0) is 17.6 Å². The number of aromatic nitrogens is 2. The maximum Gasteiger partial charge on any atom is 0.359 e. The molecular weight excluding hydrogens is 218 g/mol. The minimum Gasteiger partial charge on any atom is -0.461 e. The van der Waals surface area contributed by atoms with E-state index in [1.54, 1.807) is 6.92 Å². The SMILES string of the molecule is CCOC(=O)c1n[nH]c2c1CC(C(F)F)C2. The summed E-state index contributed by atoms with van der Waals surface area (Å²) in [6.07, 6.45) is -1.92. The summed E-state index contributed by atoms with van der Waals surface area (Å²) < 4.78 is 29.8. The van der Waals surface area contributed by atoms with E-state index in [-0.39, 0.29) is 25.1 Å². The van der Waals surface area contributed by atoms with Crippen molar-refractivity contribution in [1.82, 2.24) is 10.2 Å². The van der Waals surface area contributed by atoms with Gasteiger partial charge in [-0.05, 0) is 19.8 Å². The molecule has 1 aromatic heterocycles. The topological polar surface area (TPSA) is 55.0 Å². The molecule has 16 heavy (non-hydrogen) atoms. The molecule has 0 aliphatic heterocycles. The monoisotopic (exact) mass is 230 g/mol. The fraction of sp³-hybridized carbons (Fsp3) is 0.600. The van der Waals surface area contributed by atoms with Crippen molar-refractivity contribution in [3.63, 3.8) is 0 Å². The molecule has 2 rings (SSSR count). The minimum absolute atomic E-state index is 0.153. The molecule has 1 aliphatic carbocycles. The van der Waals surface area contributed by atoms with Crippen LogP contribution >= 0.6 is 0 Å². The van der Waals surface area contributed by atoms with Crippen molar-refractivity contribution < 1.29 is 18.3 Å². The van der Waals surface area contributed by atoms with Gasteiger partial charge in [-0.15, -0.1) is 0 Å². The third-order valence-corrected chi connectivity index (χ3v) is 2.71. The van der Waals surface area contributed by atoms with Gasteiger partial charge in [0.15, 0.2) is 5.69 Å². The second-order valence-electron chi connectivity index (χ2n) is 3.75. The maximum atomic E-state index is 12.5. The Hall–Kier alpha value is -1.46. The molecule has 0 bridgehead atoms. The summed E-state index contributed by atoms with van der Waals surface area (Å²) >= 11 is 0. The molecule has 6 heteroatoms. The number of ether oxygens (including phenoxy) is 1. The highest BCUT2D eigenvalue weighted by Crippen LogP contribution is 2.31. The summed E-state index contributed by atoms with van der Waals surface area (Å²) in [6.45, 7) is 1.94. The normalized spacial score (nSPS) is 18.9. The van der Waals surface area contributed by atoms with Gasteiger partial charge in [0, 0.05) is 17.2 Å². The van der Waals surface area contributed by atoms with Crippen molar-refractivity contribution in [2.75, 3.05) is 6.61 Å². The van der Waals surface area contributed by atoms with Crippen LogP contribution in [0.3, 0.4) is 0 Å². The molecule has 1 unspecified atom stereocenters. The average Bonchev–Trinajstić information content (AvgIpc) is 2.75. The zero-order valence-corrected chi connectivity index (χ0v) is 8.80. The summed E-state index contributed by atoms with van der Waals surface area (Å²) in [6, 6.07) is 0. The number of carbonyl (C=O) groups is 1. The number of alkyl halides is 2. The lowest BCUT2D eigenvalue weighted by Crippen LogP contribution is -2.13. The highest BCUT2D eigenvalue weighted by Gasteiger charge is 2.34. The predicted molar refractivity (Wildman–Crippen MR) is 51.4 cm³/mol. The van der Waals surface area contributed by atoms with Crippen molar-refractivity contribution in [2.24, 2.45) is 5.92 Å². The van der Waals surface area contributed by atoms with E-state index in [1.165, 1.54) is 0 Å². The van der Waals surface area contributed by atoms with Crippen LogP contribution in [0.2, 0.25) is 0 Å². The van der Waals surface area contributed by atoms with Crippen molar-refractivity contribution in [2.45, 2.75) is 26.2 Å². The third kappa shape index (κ3) is 1.79. The number of esters is 1. The number of hydrogen-bond acceptors (Lipinski definition) is 3. The lowest BCUT2D eigenvalue weighted by atomic mass is 10.1. The Balaban J connectivity index is 2.18. The van der Waals surface area contributed by atoms with Gasteiger partial charge in [-0.2, -0.15) is 5.10 Å². The number of aromatic amines is 1. The zero-order valence-electron chi connectivity index (χ0n) is 8.80. The van der Waals surface area contributed by atoms with Crippen LogP contribution in [-0.4, -0.2) is 29.2 Å². The highest BCUT2D eigenvalue weighted by molar-refractivity contribution is 5.89. The van der Waals surface area contributed by atoms with Crippen molar-refractivity contribution in [3.05, 3.63) is 17.0 Å². The van der Waals surface area contributed by atoms with E-state index in [2.05, 4.69) is 10.2 Å². The smallest absolute Gasteiger partial charge is 0.359 e. The van der Waals surface area contributed by atoms with E-state index < -0.39 is 18.3 Å². The van der Waals surface area contributed by atoms with Gasteiger partial charge < -0.3 is 4.74 Å². The highest BCUT2D eigenvalue weighted by atomic mass is 19.3. The van der Waals surface area contributed by atoms with Gasteiger partial charge in [-0.25, -0.2) is 13.6 Å². The Bertz CT molecular complexity index is 404.